The molecule has 2 atom stereocenters. The SMILES string of the molecule is CCOc1cc(N2CCC(N3CCN(C(=O)[C@H]4CN(c5cc(F)c([C@H]6CCC(=O)NC6=O)c(F)c5)CC4(C)C)CC3)CC2)c(CC)cc1Nc1ncc(Br)c(Nc2ccc3nc(C)ccc3c2P(C)(C)=O)n1. The van der Waals surface area contributed by atoms with Crippen molar-refractivity contribution in [1.82, 2.24) is 30.1 Å². The standard InChI is InChI=1S/C53H64BrF2N10O5P/c1-8-32-24-43(60-52-57-28-38(54)49(62-52)59-42-14-13-41-35(11-10-31(3)58-41)48(42)72(6,7)70)45(71-9-2)27-44(32)64-18-16-33(17-19-64)63-20-22-65(23-21-63)51(69)37-29-66(30-53(37,4)5)34-25-39(55)47(40(56)26-34)36-12-15-46(67)61-50(36)68/h10-11,13-14,24-28,33,36-37H,8-9,12,15-23,29-30H2,1-7H3,(H,61,67,68)(H2,57,59,60,62)/t36-,37-/m1/s1. The minimum atomic E-state index is -2.76. The van der Waals surface area contributed by atoms with Gasteiger partial charge in [0.1, 0.15) is 30.3 Å². The zero-order valence-corrected chi connectivity index (χ0v) is 44.6. The second-order valence-electron chi connectivity index (χ2n) is 20.6. The number of hydrogen-bond acceptors (Lipinski definition) is 13. The Bertz CT molecular complexity index is 2950. The molecule has 19 heteroatoms. The van der Waals surface area contributed by atoms with E-state index >= 15 is 8.78 Å². The van der Waals surface area contributed by atoms with Crippen molar-refractivity contribution >= 4 is 91.5 Å². The zero-order valence-electron chi connectivity index (χ0n) is 42.1. The number of carbonyl (C=O) groups excluding carboxylic acids is 3. The maximum atomic E-state index is 15.5. The topological polar surface area (TPSA) is 165 Å². The number of pyridine rings is 1. The van der Waals surface area contributed by atoms with E-state index in [1.807, 2.05) is 61.8 Å². The summed E-state index contributed by atoms with van der Waals surface area (Å²) in [6.07, 6.45) is 4.51. The number of nitrogens with zero attached hydrogens (tertiary/aromatic N) is 7. The molecule has 4 saturated heterocycles. The van der Waals surface area contributed by atoms with E-state index in [4.69, 9.17) is 9.72 Å². The average Bonchev–Trinajstić information content (AvgIpc) is 3.67. The number of imide groups is 1. The van der Waals surface area contributed by atoms with Gasteiger partial charge in [-0.3, -0.25) is 29.6 Å². The van der Waals surface area contributed by atoms with Crippen molar-refractivity contribution in [2.24, 2.45) is 11.3 Å². The van der Waals surface area contributed by atoms with E-state index in [1.165, 1.54) is 17.7 Å². The summed E-state index contributed by atoms with van der Waals surface area (Å²) in [7, 11) is -2.76. The van der Waals surface area contributed by atoms with Crippen molar-refractivity contribution in [3.05, 3.63) is 87.7 Å². The summed E-state index contributed by atoms with van der Waals surface area (Å²) in [5, 5.41) is 10.6. The number of aryl methyl sites for hydroxylation is 2. The molecule has 2 aromatic heterocycles. The highest BCUT2D eigenvalue weighted by Gasteiger charge is 2.46. The van der Waals surface area contributed by atoms with Crippen LogP contribution < -0.4 is 35.8 Å². The van der Waals surface area contributed by atoms with Crippen LogP contribution in [0.2, 0.25) is 0 Å². The molecule has 0 unspecified atom stereocenters. The van der Waals surface area contributed by atoms with E-state index in [0.29, 0.717) is 77.5 Å². The number of anilines is 6. The van der Waals surface area contributed by atoms with Crippen LogP contribution in [-0.2, 0) is 25.4 Å². The molecular weight excluding hydrogens is 1010 g/mol. The number of fused-ring (bicyclic) bond motifs is 1. The van der Waals surface area contributed by atoms with E-state index in [2.05, 4.69) is 70.7 Å². The fourth-order valence-corrected chi connectivity index (χ4v) is 12.9. The summed E-state index contributed by atoms with van der Waals surface area (Å²) in [5.74, 6) is -2.59. The van der Waals surface area contributed by atoms with Gasteiger partial charge in [0, 0.05) is 110 Å². The van der Waals surface area contributed by atoms with Gasteiger partial charge in [-0.05, 0) is 116 Å². The molecule has 4 fully saturated rings. The van der Waals surface area contributed by atoms with Gasteiger partial charge >= 0.3 is 0 Å². The van der Waals surface area contributed by atoms with E-state index in [1.54, 1.807) is 19.5 Å². The molecule has 0 bridgehead atoms. The fraction of sp³-hybridized carbons (Fsp3) is 0.472. The summed E-state index contributed by atoms with van der Waals surface area (Å²) < 4.78 is 51.6. The Balaban J connectivity index is 0.820. The lowest BCUT2D eigenvalue weighted by Gasteiger charge is -2.44. The Morgan fingerprint density at radius 2 is 1.64 bits per heavy atom. The summed E-state index contributed by atoms with van der Waals surface area (Å²) in [6, 6.07) is 14.9. The van der Waals surface area contributed by atoms with E-state index in [-0.39, 0.29) is 30.2 Å². The molecule has 382 valence electrons. The molecule has 3 aromatic carbocycles. The van der Waals surface area contributed by atoms with Gasteiger partial charge in [-0.1, -0.05) is 26.8 Å². The van der Waals surface area contributed by atoms with Gasteiger partial charge in [0.2, 0.25) is 23.7 Å². The van der Waals surface area contributed by atoms with Crippen LogP contribution in [0.3, 0.4) is 0 Å². The average molecular weight is 1070 g/mol. The molecule has 4 aliphatic heterocycles. The second-order valence-corrected chi connectivity index (χ2v) is 24.6. The third-order valence-electron chi connectivity index (χ3n) is 14.8. The number of rotatable bonds is 13. The number of amides is 3. The van der Waals surface area contributed by atoms with Crippen LogP contribution in [0.1, 0.15) is 76.1 Å². The lowest BCUT2D eigenvalue weighted by molar-refractivity contribution is -0.140. The predicted molar refractivity (Wildman–Crippen MR) is 283 cm³/mol. The smallest absolute Gasteiger partial charge is 0.234 e. The normalized spacial score (nSPS) is 20.0. The molecule has 72 heavy (non-hydrogen) atoms. The molecule has 15 nitrogen and oxygen atoms in total. The van der Waals surface area contributed by atoms with Crippen LogP contribution in [0, 0.1) is 29.9 Å². The van der Waals surface area contributed by atoms with Crippen molar-refractivity contribution in [3.8, 4) is 5.75 Å². The van der Waals surface area contributed by atoms with Crippen LogP contribution in [0.25, 0.3) is 10.9 Å². The van der Waals surface area contributed by atoms with Gasteiger partial charge in [-0.2, -0.15) is 4.98 Å². The van der Waals surface area contributed by atoms with Crippen LogP contribution >= 0.6 is 23.1 Å². The molecule has 0 aliphatic carbocycles. The number of piperidine rings is 2. The maximum Gasteiger partial charge on any atom is 0.234 e. The maximum absolute atomic E-state index is 15.5. The largest absolute Gasteiger partial charge is 0.492 e. The van der Waals surface area contributed by atoms with Crippen molar-refractivity contribution in [3.63, 3.8) is 0 Å². The van der Waals surface area contributed by atoms with Gasteiger partial charge in [0.25, 0.3) is 0 Å². The summed E-state index contributed by atoms with van der Waals surface area (Å²) >= 11 is 3.62. The molecule has 0 spiro atoms. The van der Waals surface area contributed by atoms with E-state index < -0.39 is 41.9 Å². The first-order valence-corrected chi connectivity index (χ1v) is 28.4. The molecule has 4 aliphatic rings. The van der Waals surface area contributed by atoms with Gasteiger partial charge in [0.05, 0.1) is 39.8 Å². The molecular formula is C53H64BrF2N10O5P. The van der Waals surface area contributed by atoms with Crippen molar-refractivity contribution in [2.75, 3.05) is 92.7 Å². The van der Waals surface area contributed by atoms with Gasteiger partial charge < -0.3 is 34.6 Å². The van der Waals surface area contributed by atoms with Gasteiger partial charge in [-0.25, -0.2) is 13.8 Å². The first kappa shape index (κ1) is 51.2. The number of halogens is 3. The lowest BCUT2D eigenvalue weighted by atomic mass is 9.81. The fourth-order valence-electron chi connectivity index (χ4n) is 11.1. The Kier molecular flexibility index (Phi) is 14.7. The molecule has 0 radical (unpaired) electrons. The number of aromatic nitrogens is 3. The van der Waals surface area contributed by atoms with E-state index in [9.17, 15) is 18.9 Å². The Morgan fingerprint density at radius 1 is 0.917 bits per heavy atom. The van der Waals surface area contributed by atoms with Gasteiger partial charge in [-0.15, -0.1) is 0 Å². The lowest BCUT2D eigenvalue weighted by Crippen LogP contribution is -2.56. The van der Waals surface area contributed by atoms with Crippen LogP contribution in [0.4, 0.5) is 43.3 Å². The van der Waals surface area contributed by atoms with Crippen LogP contribution in [0.5, 0.6) is 5.75 Å². The highest BCUT2D eigenvalue weighted by Crippen LogP contribution is 2.44. The zero-order chi connectivity index (χ0) is 51.2. The summed E-state index contributed by atoms with van der Waals surface area (Å²) in [5.41, 5.74) is 4.99. The minimum absolute atomic E-state index is 0.0205. The summed E-state index contributed by atoms with van der Waals surface area (Å²) in [6.45, 7) is 19.4. The molecule has 5 aromatic rings. The quantitative estimate of drug-likeness (QED) is 0.0757. The number of hydrogen-bond donors (Lipinski definition) is 3. The molecule has 3 N–H and O–H groups in total. The highest BCUT2D eigenvalue weighted by molar-refractivity contribution is 9.10. The Hall–Kier alpha value is -5.71. The number of piperazine rings is 1. The van der Waals surface area contributed by atoms with Crippen molar-refractivity contribution in [1.29, 1.82) is 0 Å². The number of ether oxygens (including phenoxy) is 1. The Morgan fingerprint density at radius 3 is 2.31 bits per heavy atom. The van der Waals surface area contributed by atoms with Gasteiger partial charge in [0.15, 0.2) is 0 Å². The first-order valence-electron chi connectivity index (χ1n) is 25.0. The first-order chi connectivity index (χ1) is 34.3. The minimum Gasteiger partial charge on any atom is -0.492 e. The molecule has 0 saturated carbocycles. The number of nitrogens with one attached hydrogen (secondary N) is 3. The van der Waals surface area contributed by atoms with Crippen LogP contribution in [-0.4, -0.2) is 121 Å². The van der Waals surface area contributed by atoms with Crippen molar-refractivity contribution in [2.45, 2.75) is 78.7 Å². The third kappa shape index (κ3) is 10.5. The molecule has 3 amide bonds. The summed E-state index contributed by atoms with van der Waals surface area (Å²) in [4.78, 5) is 61.2. The highest BCUT2D eigenvalue weighted by atomic mass is 79.9. The van der Waals surface area contributed by atoms with Crippen LogP contribution in [0.15, 0.2) is 59.2 Å². The third-order valence-corrected chi connectivity index (χ3v) is 17.0. The van der Waals surface area contributed by atoms with Crippen molar-refractivity contribution < 1.29 is 32.5 Å². The monoisotopic (exact) mass is 1070 g/mol. The number of carbonyl (C=O) groups is 3. The predicted octanol–water partition coefficient (Wildman–Crippen LogP) is 8.87. The number of benzene rings is 3. The molecule has 6 heterocycles. The molecule has 9 rings (SSSR count). The second kappa shape index (κ2) is 20.7. The van der Waals surface area contributed by atoms with E-state index in [0.717, 1.165) is 73.4 Å². The Labute approximate surface area is 428 Å².